The van der Waals surface area contributed by atoms with Crippen LogP contribution >= 0.6 is 0 Å². The van der Waals surface area contributed by atoms with Crippen molar-refractivity contribution in [1.82, 2.24) is 20.9 Å². The number of fused-ring (bicyclic) bond motifs is 1. The fraction of sp³-hybridized carbons (Fsp3) is 0.314. The van der Waals surface area contributed by atoms with Gasteiger partial charge >= 0.3 is 5.97 Å². The van der Waals surface area contributed by atoms with Crippen LogP contribution in [0, 0.1) is 5.92 Å². The summed E-state index contributed by atoms with van der Waals surface area (Å²) in [5.41, 5.74) is 9.51. The first-order valence-electron chi connectivity index (χ1n) is 15.3. The predicted octanol–water partition coefficient (Wildman–Crippen LogP) is 2.81. The average molecular weight is 628 g/mol. The lowest BCUT2D eigenvalue weighted by molar-refractivity contribution is -0.143. The second kappa shape index (κ2) is 15.7. The van der Waals surface area contributed by atoms with E-state index in [1.165, 1.54) is 12.1 Å². The molecular formula is C35H41N5O6. The quantitative estimate of drug-likeness (QED) is 0.106. The van der Waals surface area contributed by atoms with Gasteiger partial charge in [-0.25, -0.2) is 4.79 Å². The van der Waals surface area contributed by atoms with E-state index in [4.69, 9.17) is 5.73 Å². The molecule has 11 heteroatoms. The Morgan fingerprint density at radius 1 is 0.761 bits per heavy atom. The van der Waals surface area contributed by atoms with Gasteiger partial charge < -0.3 is 36.9 Å². The highest BCUT2D eigenvalue weighted by atomic mass is 16.4. The highest BCUT2D eigenvalue weighted by molar-refractivity contribution is 5.94. The predicted molar refractivity (Wildman–Crippen MR) is 175 cm³/mol. The number of phenolic OH excluding ortho intramolecular Hbond substituents is 1. The van der Waals surface area contributed by atoms with Crippen LogP contribution in [-0.2, 0) is 38.4 Å². The number of aromatic nitrogens is 1. The molecule has 3 aromatic carbocycles. The molecule has 0 aliphatic rings. The van der Waals surface area contributed by atoms with Gasteiger partial charge in [0.05, 0.1) is 6.04 Å². The Morgan fingerprint density at radius 2 is 1.33 bits per heavy atom. The van der Waals surface area contributed by atoms with Gasteiger partial charge in [-0.3, -0.25) is 14.4 Å². The van der Waals surface area contributed by atoms with Gasteiger partial charge in [0.25, 0.3) is 0 Å². The third kappa shape index (κ3) is 8.95. The maximum atomic E-state index is 13.9. The minimum absolute atomic E-state index is 0.0107. The van der Waals surface area contributed by atoms with Crippen molar-refractivity contribution in [1.29, 1.82) is 0 Å². The summed E-state index contributed by atoms with van der Waals surface area (Å²) in [6.45, 7) is 3.54. The van der Waals surface area contributed by atoms with Crippen molar-refractivity contribution < 1.29 is 29.4 Å². The van der Waals surface area contributed by atoms with E-state index in [1.807, 2.05) is 67.7 Å². The van der Waals surface area contributed by atoms with E-state index < -0.39 is 47.9 Å². The summed E-state index contributed by atoms with van der Waals surface area (Å²) >= 11 is 0. The zero-order valence-corrected chi connectivity index (χ0v) is 25.9. The molecule has 0 aliphatic carbocycles. The zero-order valence-electron chi connectivity index (χ0n) is 25.9. The maximum Gasteiger partial charge on any atom is 0.326 e. The van der Waals surface area contributed by atoms with Crippen molar-refractivity contribution in [3.05, 3.63) is 102 Å². The van der Waals surface area contributed by atoms with Gasteiger partial charge in [0.15, 0.2) is 0 Å². The van der Waals surface area contributed by atoms with Crippen LogP contribution < -0.4 is 21.7 Å². The molecule has 0 aliphatic heterocycles. The number of nitrogens with two attached hydrogens (primary N) is 1. The monoisotopic (exact) mass is 627 g/mol. The fourth-order valence-electron chi connectivity index (χ4n) is 5.25. The van der Waals surface area contributed by atoms with Crippen LogP contribution in [0.25, 0.3) is 10.9 Å². The van der Waals surface area contributed by atoms with E-state index in [9.17, 15) is 29.4 Å². The number of nitrogens with one attached hydrogen (secondary N) is 4. The number of rotatable bonds is 15. The van der Waals surface area contributed by atoms with Crippen molar-refractivity contribution in [3.8, 4) is 5.75 Å². The third-order valence-electron chi connectivity index (χ3n) is 8.15. The molecule has 0 fully saturated rings. The molecule has 0 saturated heterocycles. The highest BCUT2D eigenvalue weighted by Crippen LogP contribution is 2.19. The lowest BCUT2D eigenvalue weighted by atomic mass is 9.97. The van der Waals surface area contributed by atoms with E-state index in [1.54, 1.807) is 19.1 Å². The number of aromatic hydroxyl groups is 1. The van der Waals surface area contributed by atoms with Crippen molar-refractivity contribution >= 4 is 34.6 Å². The van der Waals surface area contributed by atoms with Crippen LogP contribution in [0.2, 0.25) is 0 Å². The molecular weight excluding hydrogens is 586 g/mol. The SMILES string of the molecule is CCC(C)C(NC(=O)C(Cc1ccc(O)cc1)NC(=O)C(Cc1ccccc1)NC(=O)C(N)Cc1c[nH]c2ccccc12)C(=O)O. The van der Waals surface area contributed by atoms with Crippen molar-refractivity contribution in [2.45, 2.75) is 63.7 Å². The van der Waals surface area contributed by atoms with Crippen LogP contribution in [0.5, 0.6) is 5.75 Å². The van der Waals surface area contributed by atoms with Gasteiger partial charge in [0.1, 0.15) is 23.9 Å². The standard InChI is InChI=1S/C35H41N5O6/c1-3-21(2)31(35(45)46)40-34(44)30(18-23-13-15-25(41)16-14-23)39-33(43)29(17-22-9-5-4-6-10-22)38-32(42)27(36)19-24-20-37-28-12-8-7-11-26(24)28/h4-16,20-21,27,29-31,37,41H,3,17-19,36H2,1-2H3,(H,38,42)(H,39,43)(H,40,44)(H,45,46). The smallest absolute Gasteiger partial charge is 0.326 e. The van der Waals surface area contributed by atoms with Crippen molar-refractivity contribution in [2.24, 2.45) is 11.7 Å². The minimum Gasteiger partial charge on any atom is -0.508 e. The van der Waals surface area contributed by atoms with Crippen LogP contribution in [0.1, 0.15) is 37.0 Å². The Kier molecular flexibility index (Phi) is 11.5. The Bertz CT molecular complexity index is 1640. The molecule has 5 atom stereocenters. The number of carboxylic acid groups (broad SMARTS) is 1. The number of hydrogen-bond acceptors (Lipinski definition) is 6. The maximum absolute atomic E-state index is 13.9. The number of hydrogen-bond donors (Lipinski definition) is 7. The molecule has 11 nitrogen and oxygen atoms in total. The van der Waals surface area contributed by atoms with Gasteiger partial charge in [-0.05, 0) is 47.2 Å². The second-order valence-corrected chi connectivity index (χ2v) is 11.6. The molecule has 242 valence electrons. The summed E-state index contributed by atoms with van der Waals surface area (Å²) in [7, 11) is 0. The number of aromatic amines is 1. The van der Waals surface area contributed by atoms with E-state index in [-0.39, 0.29) is 30.9 Å². The highest BCUT2D eigenvalue weighted by Gasteiger charge is 2.32. The Hall–Kier alpha value is -5.16. The molecule has 8 N–H and O–H groups in total. The molecule has 4 rings (SSSR count). The molecule has 1 heterocycles. The molecule has 1 aromatic heterocycles. The summed E-state index contributed by atoms with van der Waals surface area (Å²) in [5, 5.41) is 28.5. The van der Waals surface area contributed by atoms with E-state index >= 15 is 0 Å². The number of aliphatic carboxylic acids is 1. The van der Waals surface area contributed by atoms with Gasteiger partial charge in [-0.2, -0.15) is 0 Å². The number of para-hydroxylation sites is 1. The molecule has 46 heavy (non-hydrogen) atoms. The van der Waals surface area contributed by atoms with E-state index in [0.717, 1.165) is 22.0 Å². The third-order valence-corrected chi connectivity index (χ3v) is 8.15. The van der Waals surface area contributed by atoms with Crippen molar-refractivity contribution in [2.75, 3.05) is 0 Å². The molecule has 4 aromatic rings. The molecule has 5 unspecified atom stereocenters. The first-order chi connectivity index (χ1) is 22.0. The lowest BCUT2D eigenvalue weighted by Crippen LogP contribution is -2.58. The Morgan fingerprint density at radius 3 is 1.96 bits per heavy atom. The van der Waals surface area contributed by atoms with Crippen molar-refractivity contribution in [3.63, 3.8) is 0 Å². The summed E-state index contributed by atoms with van der Waals surface area (Å²) in [6, 6.07) is 18.5. The van der Waals surface area contributed by atoms with Crippen LogP contribution in [0.4, 0.5) is 0 Å². The molecule has 3 amide bonds. The molecule has 0 radical (unpaired) electrons. The lowest BCUT2D eigenvalue weighted by Gasteiger charge is -2.27. The number of carboxylic acids is 1. The number of carbonyl (C=O) groups is 4. The zero-order chi connectivity index (χ0) is 33.2. The Balaban J connectivity index is 1.56. The number of phenols is 1. The molecule has 0 bridgehead atoms. The molecule has 0 saturated carbocycles. The normalized spacial score (nSPS) is 14.4. The van der Waals surface area contributed by atoms with Gasteiger partial charge in [-0.1, -0.05) is 80.9 Å². The average Bonchev–Trinajstić information content (AvgIpc) is 3.46. The largest absolute Gasteiger partial charge is 0.508 e. The van der Waals surface area contributed by atoms with Gasteiger partial charge in [0.2, 0.25) is 17.7 Å². The molecule has 0 spiro atoms. The summed E-state index contributed by atoms with van der Waals surface area (Å²) in [5.74, 6) is -3.37. The summed E-state index contributed by atoms with van der Waals surface area (Å²) < 4.78 is 0. The first-order valence-corrected chi connectivity index (χ1v) is 15.3. The number of carbonyl (C=O) groups excluding carboxylic acids is 3. The van der Waals surface area contributed by atoms with Gasteiger partial charge in [-0.15, -0.1) is 0 Å². The van der Waals surface area contributed by atoms with Gasteiger partial charge in [0, 0.05) is 29.9 Å². The first kappa shape index (κ1) is 33.7. The summed E-state index contributed by atoms with van der Waals surface area (Å²) in [6.07, 6.45) is 2.68. The summed E-state index contributed by atoms with van der Waals surface area (Å²) in [4.78, 5) is 55.9. The number of benzene rings is 3. The van der Waals surface area contributed by atoms with E-state index in [0.29, 0.717) is 12.0 Å². The topological polar surface area (TPSA) is 187 Å². The fourth-order valence-corrected chi connectivity index (χ4v) is 5.25. The number of H-pyrrole nitrogens is 1. The van der Waals surface area contributed by atoms with Crippen LogP contribution in [0.15, 0.2) is 85.1 Å². The number of amides is 3. The van der Waals surface area contributed by atoms with E-state index in [2.05, 4.69) is 20.9 Å². The van der Waals surface area contributed by atoms with Crippen LogP contribution in [0.3, 0.4) is 0 Å². The Labute approximate surface area is 267 Å². The minimum atomic E-state index is -1.18. The van der Waals surface area contributed by atoms with Crippen LogP contribution in [-0.4, -0.2) is 63.1 Å². The second-order valence-electron chi connectivity index (χ2n) is 11.6.